The smallest absolute Gasteiger partial charge is 0.268 e. The van der Waals surface area contributed by atoms with Crippen molar-refractivity contribution in [1.82, 2.24) is 20.1 Å². The summed E-state index contributed by atoms with van der Waals surface area (Å²) in [7, 11) is 1.79. The number of hydrogen-bond donors (Lipinski definition) is 3. The number of nitrogens with one attached hydrogen (secondary N) is 2. The average molecular weight is 233 g/mol. The van der Waals surface area contributed by atoms with Crippen molar-refractivity contribution in [3.05, 3.63) is 35.9 Å². The number of carbonyl (C=O) groups is 1. The van der Waals surface area contributed by atoms with Crippen molar-refractivity contribution >= 4 is 11.6 Å². The molecule has 0 saturated heterocycles. The molecule has 90 valence electrons. The van der Waals surface area contributed by atoms with Gasteiger partial charge in [0.05, 0.1) is 17.9 Å². The molecule has 0 aliphatic heterocycles. The van der Waals surface area contributed by atoms with Crippen LogP contribution in [0.4, 0.5) is 5.69 Å². The molecule has 17 heavy (non-hydrogen) atoms. The number of carbonyl (C=O) groups excluding carboxylic acids is 1. The molecule has 1 unspecified atom stereocenters. The highest BCUT2D eigenvalue weighted by atomic mass is 16.2. The van der Waals surface area contributed by atoms with Crippen LogP contribution in [0.25, 0.3) is 0 Å². The molecular weight excluding hydrogens is 218 g/mol. The Labute approximate surface area is 98.8 Å². The maximum atomic E-state index is 12.0. The van der Waals surface area contributed by atoms with Gasteiger partial charge in [-0.2, -0.15) is 5.10 Å². The molecule has 6 heteroatoms. The van der Waals surface area contributed by atoms with Crippen LogP contribution in [-0.4, -0.2) is 20.7 Å². The highest BCUT2D eigenvalue weighted by molar-refractivity contribution is 5.94. The number of anilines is 1. The van der Waals surface area contributed by atoms with Gasteiger partial charge in [0.25, 0.3) is 5.91 Å². The fourth-order valence-electron chi connectivity index (χ4n) is 1.67. The standard InChI is InChI=1S/C11H15N5O/c1-7(8-4-13-14-5-8)15-11(17)10-3-9(12)6-16(10)2/h3-7H,12H2,1-2H3,(H,13,14)(H,15,17). The number of nitrogen functional groups attached to an aromatic ring is 1. The third-order valence-corrected chi connectivity index (χ3v) is 2.63. The Morgan fingerprint density at radius 1 is 1.65 bits per heavy atom. The van der Waals surface area contributed by atoms with Crippen LogP contribution in [0.15, 0.2) is 24.7 Å². The van der Waals surface area contributed by atoms with Crippen molar-refractivity contribution in [3.8, 4) is 0 Å². The Bertz CT molecular complexity index is 514. The van der Waals surface area contributed by atoms with Gasteiger partial charge in [0.1, 0.15) is 5.69 Å². The van der Waals surface area contributed by atoms with E-state index in [4.69, 9.17) is 5.73 Å². The number of amides is 1. The van der Waals surface area contributed by atoms with Crippen molar-refractivity contribution in [1.29, 1.82) is 0 Å². The molecule has 6 nitrogen and oxygen atoms in total. The monoisotopic (exact) mass is 233 g/mol. The molecule has 1 atom stereocenters. The summed E-state index contributed by atoms with van der Waals surface area (Å²) < 4.78 is 1.70. The lowest BCUT2D eigenvalue weighted by atomic mass is 10.2. The molecule has 2 heterocycles. The summed E-state index contributed by atoms with van der Waals surface area (Å²) in [4.78, 5) is 12.0. The zero-order valence-corrected chi connectivity index (χ0v) is 9.77. The van der Waals surface area contributed by atoms with E-state index in [-0.39, 0.29) is 11.9 Å². The first-order valence-corrected chi connectivity index (χ1v) is 5.29. The van der Waals surface area contributed by atoms with Crippen LogP contribution < -0.4 is 11.1 Å². The maximum absolute atomic E-state index is 12.0. The van der Waals surface area contributed by atoms with Crippen molar-refractivity contribution in [2.24, 2.45) is 7.05 Å². The zero-order chi connectivity index (χ0) is 12.4. The Balaban J connectivity index is 2.09. The summed E-state index contributed by atoms with van der Waals surface area (Å²) in [6.45, 7) is 1.90. The number of aromatic nitrogens is 3. The van der Waals surface area contributed by atoms with Gasteiger partial charge in [-0.15, -0.1) is 0 Å². The summed E-state index contributed by atoms with van der Waals surface area (Å²) in [6.07, 6.45) is 5.14. The third kappa shape index (κ3) is 2.30. The lowest BCUT2D eigenvalue weighted by molar-refractivity contribution is 0.0931. The molecule has 1 amide bonds. The van der Waals surface area contributed by atoms with E-state index in [0.29, 0.717) is 11.4 Å². The molecule has 0 aromatic carbocycles. The maximum Gasteiger partial charge on any atom is 0.268 e. The van der Waals surface area contributed by atoms with Gasteiger partial charge in [-0.05, 0) is 13.0 Å². The molecule has 0 aliphatic carbocycles. The number of nitrogens with zero attached hydrogens (tertiary/aromatic N) is 2. The molecule has 0 spiro atoms. The van der Waals surface area contributed by atoms with Gasteiger partial charge in [0.2, 0.25) is 0 Å². The Morgan fingerprint density at radius 3 is 2.94 bits per heavy atom. The van der Waals surface area contributed by atoms with E-state index in [1.54, 1.807) is 36.3 Å². The minimum atomic E-state index is -0.155. The number of hydrogen-bond acceptors (Lipinski definition) is 3. The van der Waals surface area contributed by atoms with E-state index in [1.165, 1.54) is 0 Å². The van der Waals surface area contributed by atoms with Crippen molar-refractivity contribution < 1.29 is 4.79 Å². The molecule has 2 rings (SSSR count). The lowest BCUT2D eigenvalue weighted by Gasteiger charge is -2.12. The normalized spacial score (nSPS) is 12.4. The second-order valence-electron chi connectivity index (χ2n) is 4.00. The fraction of sp³-hybridized carbons (Fsp3) is 0.273. The quantitative estimate of drug-likeness (QED) is 0.733. The van der Waals surface area contributed by atoms with Crippen LogP contribution >= 0.6 is 0 Å². The predicted octanol–water partition coefficient (Wildman–Crippen LogP) is 0.821. The number of aryl methyl sites for hydroxylation is 1. The van der Waals surface area contributed by atoms with Gasteiger partial charge in [0, 0.05) is 25.0 Å². The van der Waals surface area contributed by atoms with Crippen LogP contribution in [0, 0.1) is 0 Å². The second kappa shape index (κ2) is 4.32. The molecule has 0 radical (unpaired) electrons. The summed E-state index contributed by atoms with van der Waals surface area (Å²) in [5, 5.41) is 9.43. The van der Waals surface area contributed by atoms with Gasteiger partial charge in [-0.3, -0.25) is 9.89 Å². The van der Waals surface area contributed by atoms with Crippen LogP contribution in [0.1, 0.15) is 29.0 Å². The minimum Gasteiger partial charge on any atom is -0.397 e. The molecule has 4 N–H and O–H groups in total. The molecule has 2 aromatic heterocycles. The number of nitrogens with two attached hydrogens (primary N) is 1. The Hall–Kier alpha value is -2.24. The van der Waals surface area contributed by atoms with Gasteiger partial charge in [-0.1, -0.05) is 0 Å². The van der Waals surface area contributed by atoms with Crippen molar-refractivity contribution in [2.75, 3.05) is 5.73 Å². The second-order valence-corrected chi connectivity index (χ2v) is 4.00. The van der Waals surface area contributed by atoms with Gasteiger partial charge < -0.3 is 15.6 Å². The van der Waals surface area contributed by atoms with Gasteiger partial charge in [0.15, 0.2) is 0 Å². The first kappa shape index (κ1) is 11.3. The molecule has 0 bridgehead atoms. The van der Waals surface area contributed by atoms with Gasteiger partial charge >= 0.3 is 0 Å². The molecule has 0 saturated carbocycles. The topological polar surface area (TPSA) is 88.7 Å². The lowest BCUT2D eigenvalue weighted by Crippen LogP contribution is -2.27. The first-order chi connectivity index (χ1) is 8.08. The number of H-pyrrole nitrogens is 1. The van der Waals surface area contributed by atoms with E-state index in [2.05, 4.69) is 15.5 Å². The Morgan fingerprint density at radius 2 is 2.41 bits per heavy atom. The highest BCUT2D eigenvalue weighted by Crippen LogP contribution is 2.13. The van der Waals surface area contributed by atoms with E-state index in [1.807, 2.05) is 6.92 Å². The van der Waals surface area contributed by atoms with Crippen molar-refractivity contribution in [2.45, 2.75) is 13.0 Å². The van der Waals surface area contributed by atoms with Crippen molar-refractivity contribution in [3.63, 3.8) is 0 Å². The fourth-order valence-corrected chi connectivity index (χ4v) is 1.67. The SMILES string of the molecule is CC(NC(=O)c1cc(N)cn1C)c1cn[nH]c1. The zero-order valence-electron chi connectivity index (χ0n) is 9.77. The third-order valence-electron chi connectivity index (χ3n) is 2.63. The molecular formula is C11H15N5O. The van der Waals surface area contributed by atoms with Crippen LogP contribution in [0.5, 0.6) is 0 Å². The van der Waals surface area contributed by atoms with E-state index in [0.717, 1.165) is 5.56 Å². The predicted molar refractivity (Wildman–Crippen MR) is 64.3 cm³/mol. The largest absolute Gasteiger partial charge is 0.397 e. The van der Waals surface area contributed by atoms with Crippen LogP contribution in [-0.2, 0) is 7.05 Å². The summed E-state index contributed by atoms with van der Waals surface area (Å²) >= 11 is 0. The minimum absolute atomic E-state index is 0.0997. The first-order valence-electron chi connectivity index (χ1n) is 5.29. The summed E-state index contributed by atoms with van der Waals surface area (Å²) in [6, 6.07) is 1.55. The highest BCUT2D eigenvalue weighted by Gasteiger charge is 2.14. The van der Waals surface area contributed by atoms with E-state index >= 15 is 0 Å². The van der Waals surface area contributed by atoms with Crippen LogP contribution in [0.2, 0.25) is 0 Å². The number of rotatable bonds is 3. The molecule has 0 aliphatic rings. The van der Waals surface area contributed by atoms with Gasteiger partial charge in [-0.25, -0.2) is 0 Å². The van der Waals surface area contributed by atoms with E-state index in [9.17, 15) is 4.79 Å². The Kier molecular flexibility index (Phi) is 2.86. The molecule has 2 aromatic rings. The summed E-state index contributed by atoms with van der Waals surface area (Å²) in [5.74, 6) is -0.155. The van der Waals surface area contributed by atoms with Crippen LogP contribution in [0.3, 0.4) is 0 Å². The summed E-state index contributed by atoms with van der Waals surface area (Å²) in [5.41, 5.74) is 7.67. The molecule has 0 fully saturated rings. The van der Waals surface area contributed by atoms with E-state index < -0.39 is 0 Å². The number of aromatic amines is 1. The average Bonchev–Trinajstić information content (AvgIpc) is 2.87.